The zero-order valence-corrected chi connectivity index (χ0v) is 19.7. The second-order valence-electron chi connectivity index (χ2n) is 8.12. The Morgan fingerprint density at radius 3 is 2.68 bits per heavy atom. The Kier molecular flexibility index (Phi) is 7.94. The molecule has 1 aliphatic rings. The number of rotatable bonds is 10. The molecule has 1 amide bonds. The van der Waals surface area contributed by atoms with Gasteiger partial charge in [-0.2, -0.15) is 0 Å². The second kappa shape index (κ2) is 10.5. The maximum Gasteiger partial charge on any atom is 0.230 e. The van der Waals surface area contributed by atoms with Gasteiger partial charge in [0, 0.05) is 19.0 Å². The number of amides is 1. The summed E-state index contributed by atoms with van der Waals surface area (Å²) >= 11 is 1.31. The molecule has 1 fully saturated rings. The number of sulfone groups is 1. The maximum atomic E-state index is 12.3. The number of nitrogens with zero attached hydrogens (tertiary/aromatic N) is 3. The van der Waals surface area contributed by atoms with Crippen LogP contribution in [0, 0.1) is 0 Å². The van der Waals surface area contributed by atoms with Gasteiger partial charge in [-0.1, -0.05) is 56.0 Å². The average molecular weight is 463 g/mol. The van der Waals surface area contributed by atoms with Gasteiger partial charge in [-0.05, 0) is 29.9 Å². The summed E-state index contributed by atoms with van der Waals surface area (Å²) in [5.41, 5.74) is 2.50. The van der Waals surface area contributed by atoms with Crippen molar-refractivity contribution < 1.29 is 13.2 Å². The topological polar surface area (TPSA) is 93.9 Å². The monoisotopic (exact) mass is 462 g/mol. The van der Waals surface area contributed by atoms with Crippen LogP contribution in [-0.4, -0.2) is 52.9 Å². The van der Waals surface area contributed by atoms with Crippen LogP contribution >= 0.6 is 11.8 Å². The van der Waals surface area contributed by atoms with Crippen molar-refractivity contribution >= 4 is 27.5 Å². The maximum absolute atomic E-state index is 12.3. The number of benzene rings is 1. The predicted molar refractivity (Wildman–Crippen MR) is 124 cm³/mol. The summed E-state index contributed by atoms with van der Waals surface area (Å²) < 4.78 is 25.5. The van der Waals surface area contributed by atoms with Crippen molar-refractivity contribution in [3.63, 3.8) is 0 Å². The van der Waals surface area contributed by atoms with Gasteiger partial charge in [0.2, 0.25) is 5.91 Å². The Morgan fingerprint density at radius 1 is 1.32 bits per heavy atom. The minimum atomic E-state index is -3.01. The first kappa shape index (κ1) is 23.5. The van der Waals surface area contributed by atoms with Gasteiger partial charge in [0.05, 0.1) is 17.3 Å². The molecule has 3 rings (SSSR count). The summed E-state index contributed by atoms with van der Waals surface area (Å²) in [7, 11) is -3.01. The van der Waals surface area contributed by atoms with E-state index in [0.29, 0.717) is 36.4 Å². The SMILES string of the molecule is C=CCn1c(SCC(=O)NCCc2ccc(C(C)C)cc2)nnc1C1CCS(=O)(=O)C1. The highest BCUT2D eigenvalue weighted by atomic mass is 32.2. The molecule has 2 heterocycles. The zero-order chi connectivity index (χ0) is 22.4. The molecule has 7 nitrogen and oxygen atoms in total. The lowest BCUT2D eigenvalue weighted by molar-refractivity contribution is -0.118. The van der Waals surface area contributed by atoms with E-state index in [1.807, 2.05) is 4.57 Å². The van der Waals surface area contributed by atoms with Crippen LogP contribution in [-0.2, 0) is 27.6 Å². The Morgan fingerprint density at radius 2 is 2.06 bits per heavy atom. The highest BCUT2D eigenvalue weighted by Gasteiger charge is 2.33. The van der Waals surface area contributed by atoms with Crippen LogP contribution < -0.4 is 5.32 Å². The van der Waals surface area contributed by atoms with Crippen molar-refractivity contribution in [3.8, 4) is 0 Å². The van der Waals surface area contributed by atoms with Gasteiger partial charge in [-0.3, -0.25) is 4.79 Å². The van der Waals surface area contributed by atoms with Gasteiger partial charge < -0.3 is 9.88 Å². The molecular weight excluding hydrogens is 432 g/mol. The molecule has 2 aromatic rings. The van der Waals surface area contributed by atoms with E-state index in [-0.39, 0.29) is 29.1 Å². The second-order valence-corrected chi connectivity index (χ2v) is 11.3. The van der Waals surface area contributed by atoms with E-state index < -0.39 is 9.84 Å². The van der Waals surface area contributed by atoms with Crippen LogP contribution in [0.25, 0.3) is 0 Å². The quantitative estimate of drug-likeness (QED) is 0.431. The molecule has 0 aliphatic carbocycles. The first-order chi connectivity index (χ1) is 14.8. The van der Waals surface area contributed by atoms with Crippen LogP contribution in [0.2, 0.25) is 0 Å². The molecule has 9 heteroatoms. The largest absolute Gasteiger partial charge is 0.355 e. The summed E-state index contributed by atoms with van der Waals surface area (Å²) in [6, 6.07) is 8.49. The summed E-state index contributed by atoms with van der Waals surface area (Å²) in [5, 5.41) is 12.0. The lowest BCUT2D eigenvalue weighted by atomic mass is 10.0. The zero-order valence-electron chi connectivity index (χ0n) is 18.1. The fourth-order valence-corrected chi connectivity index (χ4v) is 6.13. The van der Waals surface area contributed by atoms with E-state index in [4.69, 9.17) is 0 Å². The summed E-state index contributed by atoms with van der Waals surface area (Å²) in [6.45, 7) is 9.16. The molecule has 168 valence electrons. The number of carbonyl (C=O) groups excluding carboxylic acids is 1. The Bertz CT molecular complexity index is 1010. The third-order valence-corrected chi connectivity index (χ3v) is 8.10. The fraction of sp³-hybridized carbons (Fsp3) is 0.500. The fourth-order valence-electron chi connectivity index (χ4n) is 3.60. The van der Waals surface area contributed by atoms with Crippen molar-refractivity contribution in [3.05, 3.63) is 53.9 Å². The molecule has 31 heavy (non-hydrogen) atoms. The molecule has 0 saturated carbocycles. The highest BCUT2D eigenvalue weighted by molar-refractivity contribution is 7.99. The van der Waals surface area contributed by atoms with Gasteiger partial charge in [0.15, 0.2) is 15.0 Å². The summed E-state index contributed by atoms with van der Waals surface area (Å²) in [4.78, 5) is 12.3. The van der Waals surface area contributed by atoms with Crippen molar-refractivity contribution in [1.82, 2.24) is 20.1 Å². The van der Waals surface area contributed by atoms with Gasteiger partial charge in [0.1, 0.15) is 5.82 Å². The molecule has 0 radical (unpaired) electrons. The van der Waals surface area contributed by atoms with Gasteiger partial charge in [-0.25, -0.2) is 8.42 Å². The Balaban J connectivity index is 1.51. The van der Waals surface area contributed by atoms with Crippen LogP contribution in [0.3, 0.4) is 0 Å². The molecule has 0 bridgehead atoms. The van der Waals surface area contributed by atoms with E-state index >= 15 is 0 Å². The van der Waals surface area contributed by atoms with Crippen molar-refractivity contribution in [2.24, 2.45) is 0 Å². The predicted octanol–water partition coefficient (Wildman–Crippen LogP) is 2.94. The van der Waals surface area contributed by atoms with Gasteiger partial charge in [0.25, 0.3) is 0 Å². The minimum absolute atomic E-state index is 0.0676. The molecule has 1 aliphatic heterocycles. The number of hydrogen-bond acceptors (Lipinski definition) is 6. The Labute approximate surface area is 188 Å². The number of allylic oxidation sites excluding steroid dienone is 1. The summed E-state index contributed by atoms with van der Waals surface area (Å²) in [5.74, 6) is 1.46. The normalized spacial score (nSPS) is 17.7. The van der Waals surface area contributed by atoms with Crippen LogP contribution in [0.15, 0.2) is 42.1 Å². The molecule has 1 N–H and O–H groups in total. The minimum Gasteiger partial charge on any atom is -0.355 e. The first-order valence-electron chi connectivity index (χ1n) is 10.5. The van der Waals surface area contributed by atoms with E-state index in [0.717, 1.165) is 6.42 Å². The van der Waals surface area contributed by atoms with Crippen LogP contribution in [0.5, 0.6) is 0 Å². The molecule has 1 saturated heterocycles. The van der Waals surface area contributed by atoms with E-state index in [1.165, 1.54) is 22.9 Å². The lowest BCUT2D eigenvalue weighted by Crippen LogP contribution is -2.27. The molecule has 1 aromatic carbocycles. The first-order valence-corrected chi connectivity index (χ1v) is 13.3. The van der Waals surface area contributed by atoms with Gasteiger partial charge in [-0.15, -0.1) is 16.8 Å². The molecule has 1 unspecified atom stereocenters. The molecular formula is C22H30N4O3S2. The lowest BCUT2D eigenvalue weighted by Gasteiger charge is -2.11. The van der Waals surface area contributed by atoms with Crippen molar-refractivity contribution in [1.29, 1.82) is 0 Å². The van der Waals surface area contributed by atoms with E-state index in [9.17, 15) is 13.2 Å². The smallest absolute Gasteiger partial charge is 0.230 e. The third-order valence-electron chi connectivity index (χ3n) is 5.37. The molecule has 0 spiro atoms. The number of thioether (sulfide) groups is 1. The number of carbonyl (C=O) groups is 1. The van der Waals surface area contributed by atoms with Crippen molar-refractivity contribution in [2.75, 3.05) is 23.8 Å². The Hall–Kier alpha value is -2.13. The number of hydrogen-bond donors (Lipinski definition) is 1. The molecule has 1 atom stereocenters. The third kappa shape index (κ3) is 6.43. The summed E-state index contributed by atoms with van der Waals surface area (Å²) in [6.07, 6.45) is 3.06. The number of nitrogens with one attached hydrogen (secondary N) is 1. The number of aromatic nitrogens is 3. The standard InChI is InChI=1S/C22H30N4O3S2/c1-4-12-26-21(19-10-13-31(28,29)15-19)24-25-22(26)30-14-20(27)23-11-9-17-5-7-18(8-6-17)16(2)3/h4-8,16,19H,1,9-15H2,2-3H3,(H,23,27). The van der Waals surface area contributed by atoms with Gasteiger partial charge >= 0.3 is 0 Å². The van der Waals surface area contributed by atoms with Crippen LogP contribution in [0.4, 0.5) is 0 Å². The van der Waals surface area contributed by atoms with Crippen molar-refractivity contribution in [2.45, 2.75) is 50.2 Å². The highest BCUT2D eigenvalue weighted by Crippen LogP contribution is 2.30. The van der Waals surface area contributed by atoms with E-state index in [2.05, 4.69) is 60.2 Å². The average Bonchev–Trinajstić information content (AvgIpc) is 3.29. The van der Waals surface area contributed by atoms with Crippen LogP contribution in [0.1, 0.15) is 49.1 Å². The molecule has 1 aromatic heterocycles. The van der Waals surface area contributed by atoms with E-state index in [1.54, 1.807) is 6.08 Å².